The Morgan fingerprint density at radius 2 is 2.10 bits per heavy atom. The summed E-state index contributed by atoms with van der Waals surface area (Å²) in [5.41, 5.74) is 0.857. The van der Waals surface area contributed by atoms with Gasteiger partial charge in [0.2, 0.25) is 5.91 Å². The monoisotopic (exact) mass is 296 g/mol. The van der Waals surface area contributed by atoms with Crippen LogP contribution in [-0.2, 0) is 16.0 Å². The van der Waals surface area contributed by atoms with Crippen LogP contribution < -0.4 is 5.32 Å². The molecule has 0 radical (unpaired) electrons. The van der Waals surface area contributed by atoms with E-state index < -0.39 is 5.97 Å². The van der Waals surface area contributed by atoms with Crippen LogP contribution in [0.3, 0.4) is 0 Å². The van der Waals surface area contributed by atoms with Gasteiger partial charge in [0.15, 0.2) is 5.13 Å². The molecule has 0 aromatic carbocycles. The Labute approximate surface area is 122 Å². The van der Waals surface area contributed by atoms with Crippen molar-refractivity contribution >= 4 is 28.3 Å². The summed E-state index contributed by atoms with van der Waals surface area (Å²) in [4.78, 5) is 26.8. The topological polar surface area (TPSA) is 79.3 Å². The van der Waals surface area contributed by atoms with Crippen LogP contribution in [0.4, 0.5) is 5.13 Å². The maximum absolute atomic E-state index is 12.1. The molecule has 0 unspecified atom stereocenters. The van der Waals surface area contributed by atoms with Gasteiger partial charge in [-0.1, -0.05) is 19.3 Å². The fraction of sp³-hybridized carbons (Fsp3) is 0.643. The summed E-state index contributed by atoms with van der Waals surface area (Å²) in [6, 6.07) is 0. The molecule has 1 aromatic heterocycles. The van der Waals surface area contributed by atoms with Crippen molar-refractivity contribution in [2.45, 2.75) is 51.4 Å². The molecule has 0 bridgehead atoms. The molecule has 2 rings (SSSR count). The number of rotatable bonds is 6. The summed E-state index contributed by atoms with van der Waals surface area (Å²) in [7, 11) is 0. The van der Waals surface area contributed by atoms with Gasteiger partial charge >= 0.3 is 5.97 Å². The maximum Gasteiger partial charge on any atom is 0.303 e. The van der Waals surface area contributed by atoms with Gasteiger partial charge in [-0.25, -0.2) is 4.98 Å². The standard InChI is InChI=1S/C14H20N2O3S/c17-12(18)8-4-7-11-9-20-14(15-11)16-13(19)10-5-2-1-3-6-10/h9-10H,1-8H2,(H,17,18)(H,15,16,19). The highest BCUT2D eigenvalue weighted by Crippen LogP contribution is 2.25. The minimum Gasteiger partial charge on any atom is -0.481 e. The zero-order valence-corrected chi connectivity index (χ0v) is 12.2. The molecule has 1 fully saturated rings. The number of carbonyl (C=O) groups is 2. The molecule has 0 aliphatic heterocycles. The Hall–Kier alpha value is -1.43. The Bertz CT molecular complexity index is 467. The lowest BCUT2D eigenvalue weighted by atomic mass is 9.89. The molecule has 20 heavy (non-hydrogen) atoms. The van der Waals surface area contributed by atoms with Gasteiger partial charge in [0.1, 0.15) is 0 Å². The summed E-state index contributed by atoms with van der Waals surface area (Å²) in [6.07, 6.45) is 6.82. The minimum absolute atomic E-state index is 0.0798. The highest BCUT2D eigenvalue weighted by Gasteiger charge is 2.21. The van der Waals surface area contributed by atoms with Crippen molar-refractivity contribution in [1.29, 1.82) is 0 Å². The third-order valence-electron chi connectivity index (χ3n) is 3.58. The lowest BCUT2D eigenvalue weighted by Crippen LogP contribution is -2.24. The number of nitrogens with one attached hydrogen (secondary N) is 1. The van der Waals surface area contributed by atoms with Gasteiger partial charge in [0.05, 0.1) is 5.69 Å². The second kappa shape index (κ2) is 7.38. The van der Waals surface area contributed by atoms with Crippen molar-refractivity contribution in [2.24, 2.45) is 5.92 Å². The smallest absolute Gasteiger partial charge is 0.303 e. The molecule has 1 aliphatic rings. The van der Waals surface area contributed by atoms with E-state index >= 15 is 0 Å². The van der Waals surface area contributed by atoms with E-state index in [4.69, 9.17) is 5.11 Å². The lowest BCUT2D eigenvalue weighted by molar-refractivity contribution is -0.137. The van der Waals surface area contributed by atoms with E-state index in [1.54, 1.807) is 0 Å². The summed E-state index contributed by atoms with van der Waals surface area (Å²) < 4.78 is 0. The molecule has 1 amide bonds. The van der Waals surface area contributed by atoms with E-state index in [0.29, 0.717) is 18.0 Å². The molecule has 0 saturated heterocycles. The molecular weight excluding hydrogens is 276 g/mol. The lowest BCUT2D eigenvalue weighted by Gasteiger charge is -2.19. The van der Waals surface area contributed by atoms with Crippen LogP contribution in [0.15, 0.2) is 5.38 Å². The van der Waals surface area contributed by atoms with Crippen LogP contribution in [0.2, 0.25) is 0 Å². The second-order valence-corrected chi connectivity index (χ2v) is 6.07. The van der Waals surface area contributed by atoms with Crippen molar-refractivity contribution in [1.82, 2.24) is 4.98 Å². The highest BCUT2D eigenvalue weighted by atomic mass is 32.1. The Morgan fingerprint density at radius 3 is 2.80 bits per heavy atom. The van der Waals surface area contributed by atoms with Crippen molar-refractivity contribution in [3.8, 4) is 0 Å². The number of anilines is 1. The molecule has 1 aliphatic carbocycles. The van der Waals surface area contributed by atoms with Crippen molar-refractivity contribution in [3.05, 3.63) is 11.1 Å². The number of carboxylic acids is 1. The van der Waals surface area contributed by atoms with E-state index in [1.165, 1.54) is 17.8 Å². The first-order valence-electron chi connectivity index (χ1n) is 7.12. The Balaban J connectivity index is 1.79. The van der Waals surface area contributed by atoms with E-state index in [2.05, 4.69) is 10.3 Å². The molecule has 6 heteroatoms. The van der Waals surface area contributed by atoms with Gasteiger partial charge in [-0.2, -0.15) is 0 Å². The van der Waals surface area contributed by atoms with Crippen molar-refractivity contribution in [3.63, 3.8) is 0 Å². The molecule has 110 valence electrons. The first kappa shape index (κ1) is 15.0. The number of thiazole rings is 1. The third kappa shape index (κ3) is 4.59. The van der Waals surface area contributed by atoms with Crippen LogP contribution in [0.1, 0.15) is 50.6 Å². The summed E-state index contributed by atoms with van der Waals surface area (Å²) in [6.45, 7) is 0. The first-order valence-corrected chi connectivity index (χ1v) is 8.00. The average molecular weight is 296 g/mol. The first-order chi connectivity index (χ1) is 9.65. The molecule has 1 heterocycles. The van der Waals surface area contributed by atoms with Gasteiger partial charge in [-0.05, 0) is 25.7 Å². The molecule has 0 spiro atoms. The number of aromatic nitrogens is 1. The van der Waals surface area contributed by atoms with Crippen molar-refractivity contribution in [2.75, 3.05) is 5.32 Å². The predicted molar refractivity (Wildman–Crippen MR) is 77.9 cm³/mol. The number of hydrogen-bond acceptors (Lipinski definition) is 4. The summed E-state index contributed by atoms with van der Waals surface area (Å²) in [5, 5.41) is 14.0. The normalized spacial score (nSPS) is 16.0. The Morgan fingerprint density at radius 1 is 1.35 bits per heavy atom. The van der Waals surface area contributed by atoms with E-state index in [-0.39, 0.29) is 18.2 Å². The fourth-order valence-corrected chi connectivity index (χ4v) is 3.22. The summed E-state index contributed by atoms with van der Waals surface area (Å²) >= 11 is 1.41. The van der Waals surface area contributed by atoms with Crippen LogP contribution in [0.5, 0.6) is 0 Å². The van der Waals surface area contributed by atoms with Crippen LogP contribution in [-0.4, -0.2) is 22.0 Å². The van der Waals surface area contributed by atoms with E-state index in [9.17, 15) is 9.59 Å². The number of aryl methyl sites for hydroxylation is 1. The maximum atomic E-state index is 12.1. The zero-order valence-electron chi connectivity index (χ0n) is 11.4. The molecule has 5 nitrogen and oxygen atoms in total. The average Bonchev–Trinajstić information content (AvgIpc) is 2.87. The van der Waals surface area contributed by atoms with Gasteiger partial charge in [-0.3, -0.25) is 9.59 Å². The number of aliphatic carboxylic acids is 1. The number of carboxylic acid groups (broad SMARTS) is 1. The van der Waals surface area contributed by atoms with E-state index in [1.807, 2.05) is 5.38 Å². The van der Waals surface area contributed by atoms with E-state index in [0.717, 1.165) is 31.4 Å². The number of amides is 1. The molecule has 1 aromatic rings. The SMILES string of the molecule is O=C(O)CCCc1csc(NC(=O)C2CCCCC2)n1. The van der Waals surface area contributed by atoms with Crippen LogP contribution in [0.25, 0.3) is 0 Å². The van der Waals surface area contributed by atoms with Gasteiger partial charge < -0.3 is 10.4 Å². The minimum atomic E-state index is -0.786. The number of carbonyl (C=O) groups excluding carboxylic acids is 1. The molecule has 2 N–H and O–H groups in total. The largest absolute Gasteiger partial charge is 0.481 e. The third-order valence-corrected chi connectivity index (χ3v) is 4.39. The summed E-state index contributed by atoms with van der Waals surface area (Å²) in [5.74, 6) is -0.578. The molecule has 1 saturated carbocycles. The number of hydrogen-bond donors (Lipinski definition) is 2. The van der Waals surface area contributed by atoms with Crippen molar-refractivity contribution < 1.29 is 14.7 Å². The van der Waals surface area contributed by atoms with Gasteiger partial charge in [0.25, 0.3) is 0 Å². The predicted octanol–water partition coefficient (Wildman–Crippen LogP) is 3.07. The highest BCUT2D eigenvalue weighted by molar-refractivity contribution is 7.13. The molecular formula is C14H20N2O3S. The van der Waals surface area contributed by atoms with Gasteiger partial charge in [0, 0.05) is 17.7 Å². The van der Waals surface area contributed by atoms with Gasteiger partial charge in [-0.15, -0.1) is 11.3 Å². The fourth-order valence-electron chi connectivity index (χ4n) is 2.47. The quantitative estimate of drug-likeness (QED) is 0.845. The van der Waals surface area contributed by atoms with Crippen LogP contribution >= 0.6 is 11.3 Å². The Kier molecular flexibility index (Phi) is 5.52. The second-order valence-electron chi connectivity index (χ2n) is 5.22. The van der Waals surface area contributed by atoms with Crippen LogP contribution in [0, 0.1) is 5.92 Å². The molecule has 0 atom stereocenters. The zero-order chi connectivity index (χ0) is 14.4. The number of nitrogens with zero attached hydrogens (tertiary/aromatic N) is 1.